The Morgan fingerprint density at radius 1 is 1.21 bits per heavy atom. The Morgan fingerprint density at radius 2 is 1.89 bits per heavy atom. The molecule has 0 atom stereocenters. The van der Waals surface area contributed by atoms with Crippen LogP contribution in [-0.4, -0.2) is 22.6 Å². The molecule has 1 fully saturated rings. The lowest BCUT2D eigenvalue weighted by molar-refractivity contribution is 0.356. The number of nitrogens with one attached hydrogen (secondary N) is 2. The van der Waals surface area contributed by atoms with Crippen molar-refractivity contribution in [3.05, 3.63) is 39.4 Å². The lowest BCUT2D eigenvalue weighted by Crippen LogP contribution is -2.35. The van der Waals surface area contributed by atoms with Gasteiger partial charge in [0, 0.05) is 6.04 Å². The van der Waals surface area contributed by atoms with Crippen LogP contribution < -0.4 is 10.9 Å². The van der Waals surface area contributed by atoms with Gasteiger partial charge in [0.15, 0.2) is 4.77 Å². The molecular formula is C13H16ClN3OS. The molecule has 6 heteroatoms. The number of H-pyrrole nitrogens is 1. The van der Waals surface area contributed by atoms with E-state index in [-0.39, 0.29) is 24.0 Å². The molecule has 102 valence electrons. The van der Waals surface area contributed by atoms with Gasteiger partial charge in [-0.3, -0.25) is 9.36 Å². The van der Waals surface area contributed by atoms with Crippen molar-refractivity contribution in [1.29, 1.82) is 0 Å². The van der Waals surface area contributed by atoms with Gasteiger partial charge in [-0.25, -0.2) is 0 Å². The predicted molar refractivity (Wildman–Crippen MR) is 81.8 cm³/mol. The first-order valence-corrected chi connectivity index (χ1v) is 6.62. The highest BCUT2D eigenvalue weighted by molar-refractivity contribution is 7.71. The van der Waals surface area contributed by atoms with E-state index < -0.39 is 0 Å². The summed E-state index contributed by atoms with van der Waals surface area (Å²) in [5, 5.41) is 4.01. The predicted octanol–water partition coefficient (Wildman–Crippen LogP) is 2.41. The second kappa shape index (κ2) is 5.86. The zero-order valence-electron chi connectivity index (χ0n) is 10.4. The number of benzene rings is 1. The van der Waals surface area contributed by atoms with Crippen LogP contribution in [0.3, 0.4) is 0 Å². The van der Waals surface area contributed by atoms with Gasteiger partial charge in [-0.1, -0.05) is 12.1 Å². The number of fused-ring (bicyclic) bond motifs is 1. The van der Waals surface area contributed by atoms with Crippen molar-refractivity contribution in [3.63, 3.8) is 0 Å². The molecule has 2 heterocycles. The molecule has 1 aliphatic heterocycles. The zero-order valence-corrected chi connectivity index (χ0v) is 12.0. The minimum Gasteiger partial charge on any atom is -0.332 e. The van der Waals surface area contributed by atoms with E-state index >= 15 is 0 Å². The average Bonchev–Trinajstić information content (AvgIpc) is 2.40. The minimum atomic E-state index is 0. The van der Waals surface area contributed by atoms with Crippen LogP contribution in [-0.2, 0) is 0 Å². The molecule has 0 spiro atoms. The molecule has 0 amide bonds. The molecule has 19 heavy (non-hydrogen) atoms. The highest BCUT2D eigenvalue weighted by Gasteiger charge is 2.18. The highest BCUT2D eigenvalue weighted by atomic mass is 35.5. The van der Waals surface area contributed by atoms with E-state index in [1.165, 1.54) is 0 Å². The number of aromatic nitrogens is 2. The topological polar surface area (TPSA) is 49.8 Å². The molecule has 2 aromatic rings. The van der Waals surface area contributed by atoms with Crippen molar-refractivity contribution < 1.29 is 0 Å². The fourth-order valence-corrected chi connectivity index (χ4v) is 2.91. The second-order valence-corrected chi connectivity index (χ2v) is 5.02. The summed E-state index contributed by atoms with van der Waals surface area (Å²) in [6.45, 7) is 1.89. The molecule has 0 unspecified atom stereocenters. The molecule has 1 aliphatic rings. The van der Waals surface area contributed by atoms with Gasteiger partial charge in [0.25, 0.3) is 5.56 Å². The number of para-hydroxylation sites is 1. The lowest BCUT2D eigenvalue weighted by Gasteiger charge is -2.24. The highest BCUT2D eigenvalue weighted by Crippen LogP contribution is 2.18. The first-order chi connectivity index (χ1) is 8.77. The van der Waals surface area contributed by atoms with E-state index in [9.17, 15) is 4.79 Å². The molecule has 1 aromatic heterocycles. The summed E-state index contributed by atoms with van der Waals surface area (Å²) in [4.78, 5) is 15.7. The summed E-state index contributed by atoms with van der Waals surface area (Å²) in [7, 11) is 0. The van der Waals surface area contributed by atoms with Crippen LogP contribution in [0.2, 0.25) is 0 Å². The van der Waals surface area contributed by atoms with Crippen LogP contribution in [0.25, 0.3) is 10.9 Å². The zero-order chi connectivity index (χ0) is 12.5. The molecule has 0 aliphatic carbocycles. The van der Waals surface area contributed by atoms with Gasteiger partial charge in [0.1, 0.15) is 0 Å². The van der Waals surface area contributed by atoms with Gasteiger partial charge in [0.2, 0.25) is 0 Å². The molecule has 4 nitrogen and oxygen atoms in total. The standard InChI is InChI=1S/C13H15N3OS.ClH/c17-12-10-3-1-2-4-11(10)15-13(18)16(12)9-5-7-14-8-6-9;/h1-4,9,14H,5-8H2,(H,15,18);1H. The number of halogens is 1. The third-order valence-corrected chi connectivity index (χ3v) is 3.81. The van der Waals surface area contributed by atoms with Crippen molar-refractivity contribution in [1.82, 2.24) is 14.9 Å². The van der Waals surface area contributed by atoms with Crippen LogP contribution in [0.5, 0.6) is 0 Å². The van der Waals surface area contributed by atoms with Gasteiger partial charge in [-0.2, -0.15) is 0 Å². The Kier molecular flexibility index (Phi) is 4.39. The van der Waals surface area contributed by atoms with E-state index in [4.69, 9.17) is 12.2 Å². The molecule has 0 bridgehead atoms. The normalized spacial score (nSPS) is 16.2. The quantitative estimate of drug-likeness (QED) is 0.795. The van der Waals surface area contributed by atoms with E-state index in [0.717, 1.165) is 31.4 Å². The number of hydrogen-bond acceptors (Lipinski definition) is 3. The van der Waals surface area contributed by atoms with Crippen molar-refractivity contribution in [2.75, 3.05) is 13.1 Å². The maximum Gasteiger partial charge on any atom is 0.262 e. The average molecular weight is 298 g/mol. The number of nitrogens with zero attached hydrogens (tertiary/aromatic N) is 1. The smallest absolute Gasteiger partial charge is 0.262 e. The van der Waals surface area contributed by atoms with E-state index in [2.05, 4.69) is 10.3 Å². The van der Waals surface area contributed by atoms with Crippen LogP contribution in [0.15, 0.2) is 29.1 Å². The van der Waals surface area contributed by atoms with Crippen LogP contribution in [0, 0.1) is 4.77 Å². The second-order valence-electron chi connectivity index (χ2n) is 4.63. The molecule has 1 aromatic carbocycles. The van der Waals surface area contributed by atoms with Crippen molar-refractivity contribution in [2.24, 2.45) is 0 Å². The maximum atomic E-state index is 12.5. The van der Waals surface area contributed by atoms with E-state index in [1.807, 2.05) is 24.3 Å². The van der Waals surface area contributed by atoms with Crippen LogP contribution >= 0.6 is 24.6 Å². The minimum absolute atomic E-state index is 0. The summed E-state index contributed by atoms with van der Waals surface area (Å²) < 4.78 is 2.28. The number of hydrogen-bond donors (Lipinski definition) is 2. The van der Waals surface area contributed by atoms with Gasteiger partial charge in [-0.05, 0) is 50.3 Å². The molecule has 1 saturated heterocycles. The van der Waals surface area contributed by atoms with Gasteiger partial charge < -0.3 is 10.3 Å². The summed E-state index contributed by atoms with van der Waals surface area (Å²) >= 11 is 5.33. The SMILES string of the molecule is Cl.O=c1c2ccccc2[nH]c(=S)n1C1CCNCC1. The Bertz CT molecular complexity index is 688. The van der Waals surface area contributed by atoms with E-state index in [1.54, 1.807) is 4.57 Å². The van der Waals surface area contributed by atoms with Gasteiger partial charge >= 0.3 is 0 Å². The monoisotopic (exact) mass is 297 g/mol. The Morgan fingerprint density at radius 3 is 2.63 bits per heavy atom. The molecule has 0 radical (unpaired) electrons. The molecule has 3 rings (SSSR count). The van der Waals surface area contributed by atoms with Crippen molar-refractivity contribution in [2.45, 2.75) is 18.9 Å². The Balaban J connectivity index is 0.00000133. The maximum absolute atomic E-state index is 12.5. The summed E-state index contributed by atoms with van der Waals surface area (Å²) in [5.41, 5.74) is 0.846. The molecular weight excluding hydrogens is 282 g/mol. The first-order valence-electron chi connectivity index (χ1n) is 6.21. The lowest BCUT2D eigenvalue weighted by atomic mass is 10.1. The van der Waals surface area contributed by atoms with Gasteiger partial charge in [0.05, 0.1) is 10.9 Å². The summed E-state index contributed by atoms with van der Waals surface area (Å²) in [5.74, 6) is 0. The summed E-state index contributed by atoms with van der Waals surface area (Å²) in [6, 6.07) is 7.74. The third-order valence-electron chi connectivity index (χ3n) is 3.51. The third kappa shape index (κ3) is 2.59. The largest absolute Gasteiger partial charge is 0.332 e. The Hall–Kier alpha value is -1.17. The number of aromatic amines is 1. The molecule has 0 saturated carbocycles. The van der Waals surface area contributed by atoms with Crippen molar-refractivity contribution >= 4 is 35.5 Å². The van der Waals surface area contributed by atoms with Gasteiger partial charge in [-0.15, -0.1) is 12.4 Å². The first kappa shape index (κ1) is 14.2. The Labute approximate surface area is 122 Å². The fraction of sp³-hybridized carbons (Fsp3) is 0.385. The number of piperidine rings is 1. The van der Waals surface area contributed by atoms with Crippen molar-refractivity contribution in [3.8, 4) is 0 Å². The van der Waals surface area contributed by atoms with Crippen LogP contribution in [0.1, 0.15) is 18.9 Å². The van der Waals surface area contributed by atoms with E-state index in [0.29, 0.717) is 10.2 Å². The fourth-order valence-electron chi connectivity index (χ4n) is 2.57. The van der Waals surface area contributed by atoms with Crippen LogP contribution in [0.4, 0.5) is 0 Å². The number of rotatable bonds is 1. The summed E-state index contributed by atoms with van der Waals surface area (Å²) in [6.07, 6.45) is 1.91. The molecule has 2 N–H and O–H groups in total.